The second-order valence-electron chi connectivity index (χ2n) is 4.24. The maximum atomic E-state index is 12.0. The van der Waals surface area contributed by atoms with E-state index in [2.05, 4.69) is 0 Å². The molecule has 0 unspecified atom stereocenters. The summed E-state index contributed by atoms with van der Waals surface area (Å²) in [6, 6.07) is 2.61. The van der Waals surface area contributed by atoms with Crippen LogP contribution in [-0.4, -0.2) is 47.7 Å². The highest BCUT2D eigenvalue weighted by molar-refractivity contribution is 5.94. The zero-order chi connectivity index (χ0) is 13.8. The highest BCUT2D eigenvalue weighted by Crippen LogP contribution is 2.11. The molecule has 6 heteroatoms. The summed E-state index contributed by atoms with van der Waals surface area (Å²) in [6.45, 7) is 2.46. The van der Waals surface area contributed by atoms with Gasteiger partial charge in [-0.2, -0.15) is 0 Å². The molecule has 1 fully saturated rings. The van der Waals surface area contributed by atoms with Gasteiger partial charge in [-0.1, -0.05) is 0 Å². The lowest BCUT2D eigenvalue weighted by atomic mass is 10.2. The Morgan fingerprint density at radius 3 is 2.89 bits per heavy atom. The Morgan fingerprint density at radius 1 is 1.47 bits per heavy atom. The van der Waals surface area contributed by atoms with E-state index in [1.54, 1.807) is 12.1 Å². The Balaban J connectivity index is 2.05. The molecule has 0 radical (unpaired) electrons. The van der Waals surface area contributed by atoms with E-state index in [9.17, 15) is 9.59 Å². The van der Waals surface area contributed by atoms with Gasteiger partial charge in [0.1, 0.15) is 11.5 Å². The van der Waals surface area contributed by atoms with Crippen LogP contribution < -0.4 is 0 Å². The van der Waals surface area contributed by atoms with E-state index in [-0.39, 0.29) is 19.1 Å². The number of nitrogens with zero attached hydrogens (tertiary/aromatic N) is 1. The molecular formula is C13H15NO5. The molecule has 1 aliphatic rings. The predicted molar refractivity (Wildman–Crippen MR) is 66.4 cm³/mol. The predicted octanol–water partition coefficient (Wildman–Crippen LogP) is 0.913. The van der Waals surface area contributed by atoms with Gasteiger partial charge in [-0.15, -0.1) is 0 Å². The van der Waals surface area contributed by atoms with Crippen molar-refractivity contribution in [2.75, 3.05) is 19.8 Å². The van der Waals surface area contributed by atoms with Gasteiger partial charge < -0.3 is 19.2 Å². The number of aliphatic carboxylic acids is 1. The monoisotopic (exact) mass is 265 g/mol. The van der Waals surface area contributed by atoms with E-state index in [1.807, 2.05) is 6.92 Å². The number of furan rings is 1. The minimum absolute atomic E-state index is 0.0226. The third-order valence-electron chi connectivity index (χ3n) is 2.85. The molecule has 102 valence electrons. The Morgan fingerprint density at radius 2 is 2.26 bits per heavy atom. The number of carbonyl (C=O) groups excluding carboxylic acids is 1. The minimum atomic E-state index is -1.06. The quantitative estimate of drug-likeness (QED) is 0.822. The normalized spacial score (nSPS) is 19.8. The van der Waals surface area contributed by atoms with Gasteiger partial charge in [0.25, 0.3) is 0 Å². The van der Waals surface area contributed by atoms with Gasteiger partial charge in [-0.05, 0) is 25.1 Å². The molecule has 0 aromatic carbocycles. The first-order valence-electron chi connectivity index (χ1n) is 5.93. The van der Waals surface area contributed by atoms with Crippen molar-refractivity contribution in [1.29, 1.82) is 0 Å². The molecular weight excluding hydrogens is 250 g/mol. The van der Waals surface area contributed by atoms with Gasteiger partial charge in [0.15, 0.2) is 6.04 Å². The average molecular weight is 265 g/mol. The first-order valence-corrected chi connectivity index (χ1v) is 5.93. The molecule has 2 rings (SSSR count). The van der Waals surface area contributed by atoms with E-state index in [1.165, 1.54) is 17.1 Å². The summed E-state index contributed by atoms with van der Waals surface area (Å²) in [5.41, 5.74) is 0. The van der Waals surface area contributed by atoms with Crippen LogP contribution in [0.3, 0.4) is 0 Å². The van der Waals surface area contributed by atoms with Crippen molar-refractivity contribution >= 4 is 18.0 Å². The van der Waals surface area contributed by atoms with E-state index in [4.69, 9.17) is 14.3 Å². The van der Waals surface area contributed by atoms with Crippen LogP contribution in [0.25, 0.3) is 6.08 Å². The zero-order valence-corrected chi connectivity index (χ0v) is 10.5. The van der Waals surface area contributed by atoms with Crippen LogP contribution in [0, 0.1) is 6.92 Å². The van der Waals surface area contributed by atoms with Crippen LogP contribution in [0.5, 0.6) is 0 Å². The summed E-state index contributed by atoms with van der Waals surface area (Å²) in [5.74, 6) is -0.104. The fraction of sp³-hybridized carbons (Fsp3) is 0.385. The average Bonchev–Trinajstić information content (AvgIpc) is 2.81. The van der Waals surface area contributed by atoms with Crippen LogP contribution in [-0.2, 0) is 14.3 Å². The molecule has 1 saturated heterocycles. The highest BCUT2D eigenvalue weighted by atomic mass is 16.5. The molecule has 19 heavy (non-hydrogen) atoms. The fourth-order valence-electron chi connectivity index (χ4n) is 1.86. The number of ether oxygens (including phenoxy) is 1. The van der Waals surface area contributed by atoms with Crippen molar-refractivity contribution in [3.63, 3.8) is 0 Å². The van der Waals surface area contributed by atoms with Gasteiger partial charge in [-0.3, -0.25) is 4.79 Å². The summed E-state index contributed by atoms with van der Waals surface area (Å²) >= 11 is 0. The number of morpholine rings is 1. The minimum Gasteiger partial charge on any atom is -0.480 e. The number of hydrogen-bond acceptors (Lipinski definition) is 4. The maximum Gasteiger partial charge on any atom is 0.328 e. The summed E-state index contributed by atoms with van der Waals surface area (Å²) < 4.78 is 10.4. The molecule has 2 heterocycles. The van der Waals surface area contributed by atoms with Gasteiger partial charge in [-0.25, -0.2) is 4.79 Å². The third-order valence-corrected chi connectivity index (χ3v) is 2.85. The van der Waals surface area contributed by atoms with Crippen LogP contribution in [0.1, 0.15) is 11.5 Å². The van der Waals surface area contributed by atoms with Crippen molar-refractivity contribution in [1.82, 2.24) is 4.90 Å². The molecule has 0 bridgehead atoms. The molecule has 0 spiro atoms. The topological polar surface area (TPSA) is 80.0 Å². The number of rotatable bonds is 3. The molecule has 0 saturated carbocycles. The Hall–Kier alpha value is -2.08. The third kappa shape index (κ3) is 3.23. The van der Waals surface area contributed by atoms with E-state index in [0.29, 0.717) is 12.4 Å². The van der Waals surface area contributed by atoms with Gasteiger partial charge >= 0.3 is 5.97 Å². The number of aryl methyl sites for hydroxylation is 1. The van der Waals surface area contributed by atoms with Crippen molar-refractivity contribution < 1.29 is 23.8 Å². The van der Waals surface area contributed by atoms with Crippen LogP contribution >= 0.6 is 0 Å². The zero-order valence-electron chi connectivity index (χ0n) is 10.5. The highest BCUT2D eigenvalue weighted by Gasteiger charge is 2.31. The standard InChI is InChI=1S/C13H15NO5/c1-9-2-3-10(19-9)4-5-12(15)14-6-7-18-8-11(14)13(16)17/h2-5,11H,6-8H2,1H3,(H,16,17)/b5-4-/t11-/m0/s1. The number of amides is 1. The van der Waals surface area contributed by atoms with Crippen molar-refractivity contribution in [2.45, 2.75) is 13.0 Å². The molecule has 0 aliphatic carbocycles. The Kier molecular flexibility index (Phi) is 4.01. The number of hydrogen-bond donors (Lipinski definition) is 1. The molecule has 6 nitrogen and oxygen atoms in total. The van der Waals surface area contributed by atoms with Crippen molar-refractivity contribution in [3.05, 3.63) is 29.7 Å². The SMILES string of the molecule is Cc1ccc(/C=C\C(=O)N2CCOC[C@H]2C(=O)O)o1. The van der Waals surface area contributed by atoms with Crippen molar-refractivity contribution in [3.8, 4) is 0 Å². The van der Waals surface area contributed by atoms with Gasteiger partial charge in [0.05, 0.1) is 13.2 Å². The molecule has 1 aliphatic heterocycles. The van der Waals surface area contributed by atoms with Crippen LogP contribution in [0.2, 0.25) is 0 Å². The number of carboxylic acid groups (broad SMARTS) is 1. The Bertz CT molecular complexity index is 505. The van der Waals surface area contributed by atoms with E-state index >= 15 is 0 Å². The van der Waals surface area contributed by atoms with Crippen molar-refractivity contribution in [2.24, 2.45) is 0 Å². The lowest BCUT2D eigenvalue weighted by molar-refractivity contribution is -0.156. The van der Waals surface area contributed by atoms with Gasteiger partial charge in [0, 0.05) is 12.6 Å². The fourth-order valence-corrected chi connectivity index (χ4v) is 1.86. The van der Waals surface area contributed by atoms with E-state index in [0.717, 1.165) is 5.76 Å². The lowest BCUT2D eigenvalue weighted by Crippen LogP contribution is -2.52. The largest absolute Gasteiger partial charge is 0.480 e. The molecule has 1 N–H and O–H groups in total. The van der Waals surface area contributed by atoms with Gasteiger partial charge in [0.2, 0.25) is 5.91 Å². The smallest absolute Gasteiger partial charge is 0.328 e. The maximum absolute atomic E-state index is 12.0. The summed E-state index contributed by atoms with van der Waals surface area (Å²) in [4.78, 5) is 24.3. The molecule has 1 aromatic heterocycles. The number of carboxylic acids is 1. The molecule has 1 amide bonds. The summed E-state index contributed by atoms with van der Waals surface area (Å²) in [5, 5.41) is 9.03. The first-order chi connectivity index (χ1) is 9.08. The second-order valence-corrected chi connectivity index (χ2v) is 4.24. The van der Waals surface area contributed by atoms with E-state index < -0.39 is 12.0 Å². The molecule has 1 aromatic rings. The second kappa shape index (κ2) is 5.71. The van der Waals surface area contributed by atoms with Crippen LogP contribution in [0.4, 0.5) is 0 Å². The Labute approximate surface area is 110 Å². The first kappa shape index (κ1) is 13.4. The number of carbonyl (C=O) groups is 2. The van der Waals surface area contributed by atoms with Crippen LogP contribution in [0.15, 0.2) is 22.6 Å². The summed E-state index contributed by atoms with van der Waals surface area (Å²) in [6.07, 6.45) is 2.85. The lowest BCUT2D eigenvalue weighted by Gasteiger charge is -2.31. The molecule has 1 atom stereocenters. The summed E-state index contributed by atoms with van der Waals surface area (Å²) in [7, 11) is 0.